The molecule has 2 bridgehead atoms. The smallest absolute Gasteiger partial charge is 0.310 e. The molecular formula is C15H12ClNO4. The molecule has 6 heteroatoms. The predicted octanol–water partition coefficient (Wildman–Crippen LogP) is 1.71. The number of amides is 1. The Labute approximate surface area is 125 Å². The van der Waals surface area contributed by atoms with E-state index < -0.39 is 29.5 Å². The number of hydrogen-bond acceptors (Lipinski definition) is 3. The van der Waals surface area contributed by atoms with Crippen molar-refractivity contribution in [3.05, 3.63) is 41.4 Å². The first-order chi connectivity index (χ1) is 10.0. The number of ether oxygens (including phenoxy) is 1. The number of aliphatic carboxylic acids is 1. The van der Waals surface area contributed by atoms with Gasteiger partial charge in [0.25, 0.3) is 0 Å². The second-order valence-electron chi connectivity index (χ2n) is 5.64. The van der Waals surface area contributed by atoms with E-state index in [1.807, 2.05) is 6.08 Å². The predicted molar refractivity (Wildman–Crippen MR) is 75.2 cm³/mol. The summed E-state index contributed by atoms with van der Waals surface area (Å²) in [5.41, 5.74) is -0.145. The standard InChI is InChI=1S/C15H12ClNO4/c16-8-2-1-3-9(6-8)17-7-15-5-4-10(21-15)11(14(19)20)12(15)13(17)18/h1-6,10-12H,7H2,(H,19,20)/t10-,11?,12?,15-/m1/s1. The fraction of sp³-hybridized carbons (Fsp3) is 0.333. The van der Waals surface area contributed by atoms with Crippen LogP contribution in [0.4, 0.5) is 5.69 Å². The molecule has 1 aromatic rings. The SMILES string of the molecule is O=C(O)C1C2C(=O)N(c3cccc(Cl)c3)C[C@]23C=C[C@H]1O3. The molecule has 21 heavy (non-hydrogen) atoms. The lowest BCUT2D eigenvalue weighted by Crippen LogP contribution is -2.39. The number of carbonyl (C=O) groups excluding carboxylic acids is 1. The zero-order valence-corrected chi connectivity index (χ0v) is 11.7. The second-order valence-corrected chi connectivity index (χ2v) is 6.08. The van der Waals surface area contributed by atoms with E-state index in [0.717, 1.165) is 0 Å². The van der Waals surface area contributed by atoms with Crippen molar-refractivity contribution in [3.63, 3.8) is 0 Å². The molecule has 0 aliphatic carbocycles. The Morgan fingerprint density at radius 3 is 3.00 bits per heavy atom. The molecule has 4 atom stereocenters. The average molecular weight is 306 g/mol. The number of rotatable bonds is 2. The van der Waals surface area contributed by atoms with Crippen LogP contribution in [0.2, 0.25) is 5.02 Å². The molecule has 0 saturated carbocycles. The summed E-state index contributed by atoms with van der Waals surface area (Å²) in [6.45, 7) is 0.327. The summed E-state index contributed by atoms with van der Waals surface area (Å²) in [7, 11) is 0. The summed E-state index contributed by atoms with van der Waals surface area (Å²) in [5.74, 6) is -2.68. The van der Waals surface area contributed by atoms with E-state index in [1.165, 1.54) is 0 Å². The highest BCUT2D eigenvalue weighted by atomic mass is 35.5. The van der Waals surface area contributed by atoms with Gasteiger partial charge in [0.15, 0.2) is 0 Å². The maximum Gasteiger partial charge on any atom is 0.310 e. The Morgan fingerprint density at radius 1 is 1.48 bits per heavy atom. The van der Waals surface area contributed by atoms with Gasteiger partial charge in [0.05, 0.1) is 18.6 Å². The van der Waals surface area contributed by atoms with Crippen molar-refractivity contribution in [1.82, 2.24) is 0 Å². The highest BCUT2D eigenvalue weighted by Crippen LogP contribution is 2.52. The van der Waals surface area contributed by atoms with Crippen molar-refractivity contribution < 1.29 is 19.4 Å². The lowest BCUT2D eigenvalue weighted by atomic mass is 9.77. The third-order valence-corrected chi connectivity index (χ3v) is 4.74. The van der Waals surface area contributed by atoms with Gasteiger partial charge in [0.2, 0.25) is 5.91 Å². The Kier molecular flexibility index (Phi) is 2.50. The maximum absolute atomic E-state index is 12.7. The van der Waals surface area contributed by atoms with Crippen molar-refractivity contribution in [1.29, 1.82) is 0 Å². The normalized spacial score (nSPS) is 36.3. The van der Waals surface area contributed by atoms with Crippen molar-refractivity contribution in [2.24, 2.45) is 11.8 Å². The zero-order chi connectivity index (χ0) is 14.8. The third-order valence-electron chi connectivity index (χ3n) is 4.51. The number of fused-ring (bicyclic) bond motifs is 1. The van der Waals surface area contributed by atoms with Crippen LogP contribution >= 0.6 is 11.6 Å². The first-order valence-corrected chi connectivity index (χ1v) is 7.07. The minimum Gasteiger partial charge on any atom is -0.481 e. The molecule has 1 amide bonds. The lowest BCUT2D eigenvalue weighted by molar-refractivity contribution is -0.146. The number of carboxylic acids is 1. The molecular weight excluding hydrogens is 294 g/mol. The quantitative estimate of drug-likeness (QED) is 0.845. The fourth-order valence-electron chi connectivity index (χ4n) is 3.64. The van der Waals surface area contributed by atoms with E-state index in [-0.39, 0.29) is 5.91 Å². The Hall–Kier alpha value is -1.85. The van der Waals surface area contributed by atoms with Crippen LogP contribution in [0, 0.1) is 11.8 Å². The first-order valence-electron chi connectivity index (χ1n) is 6.69. The van der Waals surface area contributed by atoms with Crippen molar-refractivity contribution in [2.45, 2.75) is 11.7 Å². The third kappa shape index (κ3) is 1.61. The highest BCUT2D eigenvalue weighted by Gasteiger charge is 2.67. The molecule has 3 aliphatic heterocycles. The van der Waals surface area contributed by atoms with Crippen LogP contribution in [0.25, 0.3) is 0 Å². The van der Waals surface area contributed by atoms with Crippen LogP contribution in [-0.4, -0.2) is 35.2 Å². The van der Waals surface area contributed by atoms with Crippen molar-refractivity contribution in [2.75, 3.05) is 11.4 Å². The molecule has 1 aromatic carbocycles. The van der Waals surface area contributed by atoms with Gasteiger partial charge >= 0.3 is 5.97 Å². The van der Waals surface area contributed by atoms with E-state index in [1.54, 1.807) is 35.2 Å². The number of anilines is 1. The Morgan fingerprint density at radius 2 is 2.29 bits per heavy atom. The second kappa shape index (κ2) is 4.08. The molecule has 1 N–H and O–H groups in total. The van der Waals surface area contributed by atoms with E-state index in [9.17, 15) is 14.7 Å². The van der Waals surface area contributed by atoms with Gasteiger partial charge in [0, 0.05) is 10.7 Å². The van der Waals surface area contributed by atoms with Gasteiger partial charge in [-0.25, -0.2) is 0 Å². The molecule has 3 aliphatic rings. The molecule has 2 unspecified atom stereocenters. The minimum absolute atomic E-state index is 0.212. The van der Waals surface area contributed by atoms with Crippen LogP contribution in [0.5, 0.6) is 0 Å². The summed E-state index contributed by atoms with van der Waals surface area (Å²) in [6, 6.07) is 6.97. The van der Waals surface area contributed by atoms with Gasteiger partial charge in [0.1, 0.15) is 11.5 Å². The number of nitrogens with zero attached hydrogens (tertiary/aromatic N) is 1. The largest absolute Gasteiger partial charge is 0.481 e. The summed E-state index contributed by atoms with van der Waals surface area (Å²) < 4.78 is 5.82. The fourth-order valence-corrected chi connectivity index (χ4v) is 3.83. The lowest BCUT2D eigenvalue weighted by Gasteiger charge is -2.21. The number of carbonyl (C=O) groups is 2. The zero-order valence-electron chi connectivity index (χ0n) is 10.9. The van der Waals surface area contributed by atoms with Crippen LogP contribution in [0.3, 0.4) is 0 Å². The number of benzene rings is 1. The topological polar surface area (TPSA) is 66.8 Å². The van der Waals surface area contributed by atoms with E-state index >= 15 is 0 Å². The van der Waals surface area contributed by atoms with E-state index in [2.05, 4.69) is 0 Å². The van der Waals surface area contributed by atoms with Gasteiger partial charge in [-0.05, 0) is 18.2 Å². The van der Waals surface area contributed by atoms with Gasteiger partial charge in [-0.3, -0.25) is 9.59 Å². The molecule has 2 fully saturated rings. The Balaban J connectivity index is 1.75. The van der Waals surface area contributed by atoms with Crippen molar-refractivity contribution >= 4 is 29.2 Å². The van der Waals surface area contributed by atoms with Gasteiger partial charge in [-0.15, -0.1) is 0 Å². The molecule has 0 radical (unpaired) electrons. The number of carboxylic acid groups (broad SMARTS) is 1. The average Bonchev–Trinajstić information content (AvgIpc) is 3.07. The minimum atomic E-state index is -0.988. The van der Waals surface area contributed by atoms with Gasteiger partial charge in [-0.2, -0.15) is 0 Å². The molecule has 1 spiro atoms. The van der Waals surface area contributed by atoms with Crippen LogP contribution in [-0.2, 0) is 14.3 Å². The summed E-state index contributed by atoms with van der Waals surface area (Å²) >= 11 is 5.97. The molecule has 3 heterocycles. The summed E-state index contributed by atoms with van der Waals surface area (Å²) in [6.07, 6.45) is 3.09. The first kappa shape index (κ1) is 12.9. The van der Waals surface area contributed by atoms with E-state index in [4.69, 9.17) is 16.3 Å². The Bertz CT molecular complexity index is 688. The summed E-state index contributed by atoms with van der Waals surface area (Å²) in [5, 5.41) is 9.92. The van der Waals surface area contributed by atoms with Crippen LogP contribution in [0.1, 0.15) is 0 Å². The maximum atomic E-state index is 12.7. The molecule has 108 valence electrons. The van der Waals surface area contributed by atoms with Gasteiger partial charge in [-0.1, -0.05) is 29.8 Å². The number of hydrogen-bond donors (Lipinski definition) is 1. The molecule has 4 rings (SSSR count). The molecule has 2 saturated heterocycles. The molecule has 5 nitrogen and oxygen atoms in total. The highest BCUT2D eigenvalue weighted by molar-refractivity contribution is 6.31. The van der Waals surface area contributed by atoms with Crippen LogP contribution in [0.15, 0.2) is 36.4 Å². The summed E-state index contributed by atoms with van der Waals surface area (Å²) in [4.78, 5) is 25.7. The molecule has 0 aromatic heterocycles. The van der Waals surface area contributed by atoms with Crippen molar-refractivity contribution in [3.8, 4) is 0 Å². The van der Waals surface area contributed by atoms with Crippen LogP contribution < -0.4 is 4.90 Å². The van der Waals surface area contributed by atoms with E-state index in [0.29, 0.717) is 17.3 Å². The number of halogens is 1. The van der Waals surface area contributed by atoms with Gasteiger partial charge < -0.3 is 14.7 Å². The monoisotopic (exact) mass is 305 g/mol.